The van der Waals surface area contributed by atoms with Crippen LogP contribution in [0.15, 0.2) is 83.3 Å². The zero-order valence-corrected chi connectivity index (χ0v) is 23.8. The summed E-state index contributed by atoms with van der Waals surface area (Å²) in [5, 5.41) is 3.75. The van der Waals surface area contributed by atoms with Crippen molar-refractivity contribution in [3.05, 3.63) is 105 Å². The van der Waals surface area contributed by atoms with Gasteiger partial charge in [0.05, 0.1) is 5.75 Å². The highest BCUT2D eigenvalue weighted by Crippen LogP contribution is 2.21. The van der Waals surface area contributed by atoms with Crippen LogP contribution in [0, 0.1) is 5.92 Å². The van der Waals surface area contributed by atoms with Crippen molar-refractivity contribution >= 4 is 51.1 Å². The Balaban J connectivity index is 1.83. The summed E-state index contributed by atoms with van der Waals surface area (Å²) in [6, 6.07) is 24.8. The van der Waals surface area contributed by atoms with Crippen LogP contribution in [0.25, 0.3) is 0 Å². The lowest BCUT2D eigenvalue weighted by atomic mass is 10.0. The Hall–Kier alpha value is -2.28. The minimum absolute atomic E-state index is 0.0606. The normalized spacial score (nSPS) is 11.8. The monoisotopic (exact) mass is 586 g/mol. The van der Waals surface area contributed by atoms with E-state index in [9.17, 15) is 9.59 Å². The maximum absolute atomic E-state index is 13.6. The van der Waals surface area contributed by atoms with E-state index in [1.54, 1.807) is 16.7 Å². The number of nitrogens with zero attached hydrogens (tertiary/aromatic N) is 1. The Kier molecular flexibility index (Phi) is 11.4. The molecule has 0 aliphatic carbocycles. The third-order valence-electron chi connectivity index (χ3n) is 5.61. The Morgan fingerprint density at radius 1 is 0.944 bits per heavy atom. The third kappa shape index (κ3) is 9.30. The molecule has 0 aliphatic heterocycles. The molecule has 3 aromatic carbocycles. The summed E-state index contributed by atoms with van der Waals surface area (Å²) in [5.41, 5.74) is 3.09. The third-order valence-corrected chi connectivity index (χ3v) is 7.34. The molecule has 1 atom stereocenters. The number of halogens is 2. The van der Waals surface area contributed by atoms with Gasteiger partial charge in [0, 0.05) is 34.8 Å². The highest BCUT2D eigenvalue weighted by Gasteiger charge is 2.30. The molecule has 1 N–H and O–H groups in total. The van der Waals surface area contributed by atoms with Crippen LogP contribution in [0.2, 0.25) is 5.02 Å². The average molecular weight is 588 g/mol. The van der Waals surface area contributed by atoms with Gasteiger partial charge in [-0.25, -0.2) is 0 Å². The number of benzene rings is 3. The lowest BCUT2D eigenvalue weighted by molar-refractivity contribution is -0.139. The molecule has 2 amide bonds. The summed E-state index contributed by atoms with van der Waals surface area (Å²) < 4.78 is 0.938. The number of hydrogen-bond donors (Lipinski definition) is 1. The van der Waals surface area contributed by atoms with Gasteiger partial charge in [0.2, 0.25) is 11.8 Å². The van der Waals surface area contributed by atoms with E-state index < -0.39 is 6.04 Å². The van der Waals surface area contributed by atoms with Gasteiger partial charge in [-0.3, -0.25) is 9.59 Å². The molecule has 0 radical (unpaired) electrons. The molecule has 0 spiro atoms. The van der Waals surface area contributed by atoms with Crippen molar-refractivity contribution in [1.82, 2.24) is 10.2 Å². The highest BCUT2D eigenvalue weighted by molar-refractivity contribution is 9.10. The molecule has 3 aromatic rings. The van der Waals surface area contributed by atoms with Gasteiger partial charge in [-0.05, 0) is 46.9 Å². The van der Waals surface area contributed by atoms with Gasteiger partial charge < -0.3 is 10.2 Å². The van der Waals surface area contributed by atoms with E-state index in [0.29, 0.717) is 36.2 Å². The van der Waals surface area contributed by atoms with Crippen LogP contribution in [-0.2, 0) is 28.3 Å². The Morgan fingerprint density at radius 3 is 2.31 bits per heavy atom. The van der Waals surface area contributed by atoms with Gasteiger partial charge in [-0.2, -0.15) is 0 Å². The fourth-order valence-corrected chi connectivity index (χ4v) is 5.17. The largest absolute Gasteiger partial charge is 0.354 e. The molecule has 0 saturated carbocycles. The lowest BCUT2D eigenvalue weighted by Crippen LogP contribution is -2.51. The van der Waals surface area contributed by atoms with Gasteiger partial charge in [0.1, 0.15) is 6.04 Å². The van der Waals surface area contributed by atoms with E-state index in [1.807, 2.05) is 78.9 Å². The van der Waals surface area contributed by atoms with E-state index >= 15 is 0 Å². The molecule has 0 aliphatic rings. The van der Waals surface area contributed by atoms with Crippen molar-refractivity contribution in [1.29, 1.82) is 0 Å². The van der Waals surface area contributed by atoms with Gasteiger partial charge in [0.25, 0.3) is 0 Å². The van der Waals surface area contributed by atoms with Crippen molar-refractivity contribution in [2.24, 2.45) is 5.92 Å². The minimum Gasteiger partial charge on any atom is -0.354 e. The highest BCUT2D eigenvalue weighted by atomic mass is 79.9. The first kappa shape index (κ1) is 28.3. The van der Waals surface area contributed by atoms with Crippen LogP contribution in [0.1, 0.15) is 30.5 Å². The molecule has 0 bridgehead atoms. The number of carbonyl (C=O) groups excluding carboxylic acids is 2. The number of hydrogen-bond acceptors (Lipinski definition) is 3. The number of thioether (sulfide) groups is 1. The van der Waals surface area contributed by atoms with Crippen LogP contribution in [0.4, 0.5) is 0 Å². The first-order valence-corrected chi connectivity index (χ1v) is 14.3. The summed E-state index contributed by atoms with van der Waals surface area (Å²) in [4.78, 5) is 28.8. The number of rotatable bonds is 12. The predicted molar refractivity (Wildman–Crippen MR) is 154 cm³/mol. The average Bonchev–Trinajstić information content (AvgIpc) is 2.86. The predicted octanol–water partition coefficient (Wildman–Crippen LogP) is 6.75. The van der Waals surface area contributed by atoms with E-state index in [0.717, 1.165) is 21.2 Å². The maximum atomic E-state index is 13.6. The molecular weight excluding hydrogens is 556 g/mol. The molecule has 0 aromatic heterocycles. The first-order chi connectivity index (χ1) is 17.3. The summed E-state index contributed by atoms with van der Waals surface area (Å²) in [5.74, 6) is 1.10. The molecule has 3 rings (SSSR count). The Labute approximate surface area is 231 Å². The molecule has 7 heteroatoms. The second-order valence-corrected chi connectivity index (χ2v) is 11.5. The maximum Gasteiger partial charge on any atom is 0.243 e. The van der Waals surface area contributed by atoms with Crippen molar-refractivity contribution < 1.29 is 9.59 Å². The molecular formula is C29H32BrClN2O2S. The summed E-state index contributed by atoms with van der Waals surface area (Å²) in [6.07, 6.45) is 0.451. The molecule has 4 nitrogen and oxygen atoms in total. The SMILES string of the molecule is CC(C)CNC(=O)C(Cc1ccccc1)N(Cc1cccc(Br)c1)C(=O)CSCc1ccc(Cl)cc1. The van der Waals surface area contributed by atoms with Crippen LogP contribution in [-0.4, -0.2) is 35.1 Å². The van der Waals surface area contributed by atoms with E-state index in [4.69, 9.17) is 11.6 Å². The summed E-state index contributed by atoms with van der Waals surface area (Å²) in [6.45, 7) is 5.04. The lowest BCUT2D eigenvalue weighted by Gasteiger charge is -2.32. The summed E-state index contributed by atoms with van der Waals surface area (Å²) >= 11 is 11.1. The molecule has 36 heavy (non-hydrogen) atoms. The molecule has 1 unspecified atom stereocenters. The van der Waals surface area contributed by atoms with Crippen LogP contribution in [0.5, 0.6) is 0 Å². The number of nitrogens with one attached hydrogen (secondary N) is 1. The molecule has 0 saturated heterocycles. The van der Waals surface area contributed by atoms with Crippen LogP contribution in [0.3, 0.4) is 0 Å². The second-order valence-electron chi connectivity index (χ2n) is 9.12. The van der Waals surface area contributed by atoms with E-state index in [-0.39, 0.29) is 17.6 Å². The quantitative estimate of drug-likeness (QED) is 0.255. The van der Waals surface area contributed by atoms with Crippen LogP contribution >= 0.6 is 39.3 Å². The van der Waals surface area contributed by atoms with E-state index in [2.05, 4.69) is 35.1 Å². The fourth-order valence-electron chi connectivity index (χ4n) is 3.73. The van der Waals surface area contributed by atoms with Crippen LogP contribution < -0.4 is 5.32 Å². The number of carbonyl (C=O) groups is 2. The van der Waals surface area contributed by atoms with Crippen molar-refractivity contribution in [2.45, 2.75) is 38.6 Å². The zero-order valence-electron chi connectivity index (χ0n) is 20.6. The van der Waals surface area contributed by atoms with Crippen molar-refractivity contribution in [3.63, 3.8) is 0 Å². The molecule has 0 heterocycles. The van der Waals surface area contributed by atoms with Crippen molar-refractivity contribution in [3.8, 4) is 0 Å². The standard InChI is InChI=1S/C29H32BrClN2O2S/c1-21(2)17-32-29(35)27(16-22-7-4-3-5-8-22)33(18-24-9-6-10-25(30)15-24)28(34)20-36-19-23-11-13-26(31)14-12-23/h3-15,21,27H,16-20H2,1-2H3,(H,32,35). The van der Waals surface area contributed by atoms with Gasteiger partial charge in [-0.15, -0.1) is 11.8 Å². The Morgan fingerprint density at radius 2 is 1.64 bits per heavy atom. The summed E-state index contributed by atoms with van der Waals surface area (Å²) in [7, 11) is 0. The Bertz CT molecular complexity index is 1130. The first-order valence-electron chi connectivity index (χ1n) is 12.0. The smallest absolute Gasteiger partial charge is 0.243 e. The fraction of sp³-hybridized carbons (Fsp3) is 0.310. The molecule has 0 fully saturated rings. The zero-order chi connectivity index (χ0) is 25.9. The van der Waals surface area contributed by atoms with Crippen molar-refractivity contribution in [2.75, 3.05) is 12.3 Å². The topological polar surface area (TPSA) is 49.4 Å². The number of amides is 2. The second kappa shape index (κ2) is 14.5. The van der Waals surface area contributed by atoms with Gasteiger partial charge in [-0.1, -0.05) is 96.0 Å². The van der Waals surface area contributed by atoms with Gasteiger partial charge in [0.15, 0.2) is 0 Å². The van der Waals surface area contributed by atoms with E-state index in [1.165, 1.54) is 0 Å². The minimum atomic E-state index is -0.617. The molecule has 190 valence electrons. The van der Waals surface area contributed by atoms with Gasteiger partial charge >= 0.3 is 0 Å².